The first kappa shape index (κ1) is 16.5. The highest BCUT2D eigenvalue weighted by Gasteiger charge is 2.07. The third kappa shape index (κ3) is 5.43. The number of hydrogen-bond donors (Lipinski definition) is 2. The van der Waals surface area contributed by atoms with Crippen molar-refractivity contribution < 1.29 is 9.84 Å². The second-order valence-corrected chi connectivity index (χ2v) is 7.62. The third-order valence-corrected chi connectivity index (χ3v) is 4.69. The van der Waals surface area contributed by atoms with E-state index >= 15 is 0 Å². The lowest BCUT2D eigenvalue weighted by atomic mass is 10.1. The molecule has 0 spiro atoms. The Morgan fingerprint density at radius 2 is 2.10 bits per heavy atom. The summed E-state index contributed by atoms with van der Waals surface area (Å²) in [6.45, 7) is 5.64. The number of ether oxygens (including phenoxy) is 1. The molecule has 0 fully saturated rings. The normalized spacial score (nSPS) is 12.4. The molecule has 0 aliphatic heterocycles. The van der Waals surface area contributed by atoms with E-state index in [0.29, 0.717) is 13.2 Å². The molecule has 0 aliphatic rings. The van der Waals surface area contributed by atoms with Crippen molar-refractivity contribution in [2.75, 3.05) is 13.2 Å². The Balaban J connectivity index is 1.70. The average molecular weight is 370 g/mol. The topological polar surface area (TPSA) is 41.5 Å². The molecule has 1 aromatic heterocycles. The Kier molecular flexibility index (Phi) is 6.23. The fourth-order valence-corrected chi connectivity index (χ4v) is 3.47. The highest BCUT2D eigenvalue weighted by molar-refractivity contribution is 9.11. The maximum Gasteiger partial charge on any atom is 0.122 e. The van der Waals surface area contributed by atoms with Gasteiger partial charge in [-0.2, -0.15) is 0 Å². The van der Waals surface area contributed by atoms with Crippen LogP contribution in [0.4, 0.5) is 0 Å². The molecule has 2 rings (SSSR count). The minimum atomic E-state index is -0.519. The predicted molar refractivity (Wildman–Crippen MR) is 91.1 cm³/mol. The van der Waals surface area contributed by atoms with Crippen molar-refractivity contribution in [3.8, 4) is 5.75 Å². The lowest BCUT2D eigenvalue weighted by molar-refractivity contribution is 0.106. The van der Waals surface area contributed by atoms with Crippen molar-refractivity contribution in [2.24, 2.45) is 0 Å². The van der Waals surface area contributed by atoms with Gasteiger partial charge in [0, 0.05) is 18.0 Å². The minimum absolute atomic E-state index is 0.297. The molecular weight excluding hydrogens is 350 g/mol. The van der Waals surface area contributed by atoms with Gasteiger partial charge in [-0.3, -0.25) is 0 Å². The Bertz CT molecular complexity index is 585. The molecular formula is C16H20BrNO2S. The summed E-state index contributed by atoms with van der Waals surface area (Å²) < 4.78 is 6.79. The van der Waals surface area contributed by atoms with Crippen LogP contribution in [-0.2, 0) is 6.54 Å². The Hall–Kier alpha value is -0.880. The van der Waals surface area contributed by atoms with Gasteiger partial charge in [0.1, 0.15) is 18.5 Å². The van der Waals surface area contributed by atoms with Crippen LogP contribution < -0.4 is 10.1 Å². The molecule has 0 aliphatic carbocycles. The highest BCUT2D eigenvalue weighted by Crippen LogP contribution is 2.21. The summed E-state index contributed by atoms with van der Waals surface area (Å²) in [6, 6.07) is 10.1. The van der Waals surface area contributed by atoms with Gasteiger partial charge in [0.2, 0.25) is 0 Å². The van der Waals surface area contributed by atoms with Crippen molar-refractivity contribution in [3.05, 3.63) is 50.1 Å². The fraction of sp³-hybridized carbons (Fsp3) is 0.375. The zero-order valence-corrected chi connectivity index (χ0v) is 14.6. The molecule has 2 N–H and O–H groups in total. The summed E-state index contributed by atoms with van der Waals surface area (Å²) in [6.07, 6.45) is -0.519. The van der Waals surface area contributed by atoms with Crippen LogP contribution in [0.5, 0.6) is 5.75 Å². The summed E-state index contributed by atoms with van der Waals surface area (Å²) >= 11 is 5.13. The molecule has 21 heavy (non-hydrogen) atoms. The number of aliphatic hydroxyl groups excluding tert-OH is 1. The molecule has 5 heteroatoms. The summed E-state index contributed by atoms with van der Waals surface area (Å²) in [7, 11) is 0. The van der Waals surface area contributed by atoms with Gasteiger partial charge < -0.3 is 15.2 Å². The summed E-state index contributed by atoms with van der Waals surface area (Å²) in [5.74, 6) is 0.835. The van der Waals surface area contributed by atoms with Crippen LogP contribution in [0.3, 0.4) is 0 Å². The van der Waals surface area contributed by atoms with Gasteiger partial charge in [0.15, 0.2) is 0 Å². The maximum absolute atomic E-state index is 9.95. The molecule has 1 aromatic carbocycles. The first-order chi connectivity index (χ1) is 10.0. The molecule has 0 saturated carbocycles. The molecule has 1 atom stereocenters. The van der Waals surface area contributed by atoms with Crippen LogP contribution in [0.1, 0.15) is 16.0 Å². The Morgan fingerprint density at radius 1 is 1.29 bits per heavy atom. The zero-order valence-electron chi connectivity index (χ0n) is 12.2. The lowest BCUT2D eigenvalue weighted by Gasteiger charge is -2.14. The van der Waals surface area contributed by atoms with E-state index in [1.54, 1.807) is 11.3 Å². The van der Waals surface area contributed by atoms with E-state index < -0.39 is 6.10 Å². The largest absolute Gasteiger partial charge is 0.491 e. The van der Waals surface area contributed by atoms with E-state index in [-0.39, 0.29) is 0 Å². The summed E-state index contributed by atoms with van der Waals surface area (Å²) in [5.41, 5.74) is 2.31. The number of aliphatic hydroxyl groups is 1. The van der Waals surface area contributed by atoms with E-state index in [1.165, 1.54) is 10.4 Å². The van der Waals surface area contributed by atoms with E-state index in [0.717, 1.165) is 21.6 Å². The second kappa shape index (κ2) is 7.94. The lowest BCUT2D eigenvalue weighted by Crippen LogP contribution is -2.31. The van der Waals surface area contributed by atoms with Gasteiger partial charge in [-0.05, 0) is 53.5 Å². The molecule has 1 unspecified atom stereocenters. The first-order valence-corrected chi connectivity index (χ1v) is 8.48. The average Bonchev–Trinajstić information content (AvgIpc) is 2.83. The van der Waals surface area contributed by atoms with Crippen LogP contribution >= 0.6 is 27.3 Å². The number of halogens is 1. The molecule has 3 nitrogen and oxygen atoms in total. The number of aryl methyl sites for hydroxylation is 2. The van der Waals surface area contributed by atoms with E-state index in [9.17, 15) is 5.11 Å². The zero-order chi connectivity index (χ0) is 15.2. The molecule has 2 aromatic rings. The van der Waals surface area contributed by atoms with Crippen LogP contribution in [-0.4, -0.2) is 24.4 Å². The third-order valence-electron chi connectivity index (χ3n) is 3.07. The molecule has 0 bridgehead atoms. The van der Waals surface area contributed by atoms with Gasteiger partial charge in [0.25, 0.3) is 0 Å². The standard InChI is InChI=1S/C16H20BrNO2S/c1-11-3-5-15(12(2)7-11)20-10-13(19)8-18-9-14-4-6-16(17)21-14/h3-7,13,18-19H,8-10H2,1-2H3. The summed E-state index contributed by atoms with van der Waals surface area (Å²) in [4.78, 5) is 1.24. The van der Waals surface area contributed by atoms with E-state index in [2.05, 4.69) is 40.3 Å². The van der Waals surface area contributed by atoms with Gasteiger partial charge in [-0.25, -0.2) is 0 Å². The van der Waals surface area contributed by atoms with Crippen LogP contribution in [0, 0.1) is 13.8 Å². The van der Waals surface area contributed by atoms with Crippen LogP contribution in [0.25, 0.3) is 0 Å². The van der Waals surface area contributed by atoms with Crippen molar-refractivity contribution in [2.45, 2.75) is 26.5 Å². The SMILES string of the molecule is Cc1ccc(OCC(O)CNCc2ccc(Br)s2)c(C)c1. The Morgan fingerprint density at radius 3 is 2.76 bits per heavy atom. The fourth-order valence-electron chi connectivity index (χ4n) is 2.01. The van der Waals surface area contributed by atoms with Crippen molar-refractivity contribution in [1.29, 1.82) is 0 Å². The molecule has 0 amide bonds. The van der Waals surface area contributed by atoms with Gasteiger partial charge in [0.05, 0.1) is 3.79 Å². The van der Waals surface area contributed by atoms with Crippen molar-refractivity contribution in [1.82, 2.24) is 5.32 Å². The second-order valence-electron chi connectivity index (χ2n) is 5.07. The smallest absolute Gasteiger partial charge is 0.122 e. The number of thiophene rings is 1. The minimum Gasteiger partial charge on any atom is -0.491 e. The molecule has 114 valence electrons. The number of nitrogens with one attached hydrogen (secondary N) is 1. The number of rotatable bonds is 7. The van der Waals surface area contributed by atoms with Gasteiger partial charge in [-0.1, -0.05) is 17.7 Å². The Labute approximate surface area is 138 Å². The number of hydrogen-bond acceptors (Lipinski definition) is 4. The van der Waals surface area contributed by atoms with E-state index in [1.807, 2.05) is 25.1 Å². The van der Waals surface area contributed by atoms with Crippen LogP contribution in [0.15, 0.2) is 34.1 Å². The molecule has 0 radical (unpaired) electrons. The molecule has 1 heterocycles. The van der Waals surface area contributed by atoms with Crippen LogP contribution in [0.2, 0.25) is 0 Å². The predicted octanol–water partition coefficient (Wildman–Crippen LogP) is 3.66. The van der Waals surface area contributed by atoms with Crippen molar-refractivity contribution >= 4 is 27.3 Å². The monoisotopic (exact) mass is 369 g/mol. The van der Waals surface area contributed by atoms with E-state index in [4.69, 9.17) is 4.74 Å². The maximum atomic E-state index is 9.95. The summed E-state index contributed by atoms with van der Waals surface area (Å²) in [5, 5.41) is 13.2. The van der Waals surface area contributed by atoms with Gasteiger partial charge in [-0.15, -0.1) is 11.3 Å². The number of benzene rings is 1. The first-order valence-electron chi connectivity index (χ1n) is 6.87. The molecule has 0 saturated heterocycles. The van der Waals surface area contributed by atoms with Crippen molar-refractivity contribution in [3.63, 3.8) is 0 Å². The van der Waals surface area contributed by atoms with Gasteiger partial charge >= 0.3 is 0 Å². The highest BCUT2D eigenvalue weighted by atomic mass is 79.9. The quantitative estimate of drug-likeness (QED) is 0.782.